The van der Waals surface area contributed by atoms with Gasteiger partial charge >= 0.3 is 0 Å². The molecule has 0 aliphatic rings. The van der Waals surface area contributed by atoms with Crippen LogP contribution in [0.15, 0.2) is 42.7 Å². The van der Waals surface area contributed by atoms with E-state index >= 15 is 0 Å². The minimum absolute atomic E-state index is 0.628. The summed E-state index contributed by atoms with van der Waals surface area (Å²) in [5, 5.41) is 5.59. The van der Waals surface area contributed by atoms with E-state index in [1.807, 2.05) is 29.2 Å². The summed E-state index contributed by atoms with van der Waals surface area (Å²) in [7, 11) is 1.62. The highest BCUT2D eigenvalue weighted by molar-refractivity contribution is 14.1. The SMILES string of the molecule is COc1ccc(Cn2ncc3cc(I)ccc32)cn1. The molecule has 0 fully saturated rings. The minimum Gasteiger partial charge on any atom is -0.481 e. The van der Waals surface area contributed by atoms with E-state index in [2.05, 4.69) is 50.9 Å². The summed E-state index contributed by atoms with van der Waals surface area (Å²) in [6.45, 7) is 0.709. The first-order valence-electron chi connectivity index (χ1n) is 5.86. The monoisotopic (exact) mass is 365 g/mol. The molecule has 1 aromatic carbocycles. The molecule has 0 saturated carbocycles. The molecule has 3 rings (SSSR count). The molecule has 0 radical (unpaired) electrons. The van der Waals surface area contributed by atoms with Crippen LogP contribution in [0.25, 0.3) is 10.9 Å². The molecule has 0 N–H and O–H groups in total. The smallest absolute Gasteiger partial charge is 0.212 e. The maximum absolute atomic E-state index is 5.05. The van der Waals surface area contributed by atoms with Crippen molar-refractivity contribution in [2.45, 2.75) is 6.54 Å². The van der Waals surface area contributed by atoms with E-state index in [-0.39, 0.29) is 0 Å². The van der Waals surface area contributed by atoms with Gasteiger partial charge in [0.05, 0.1) is 25.4 Å². The Morgan fingerprint density at radius 1 is 1.21 bits per heavy atom. The van der Waals surface area contributed by atoms with Gasteiger partial charge in [-0.2, -0.15) is 5.10 Å². The Bertz CT molecular complexity index is 706. The van der Waals surface area contributed by atoms with Crippen molar-refractivity contribution in [2.75, 3.05) is 7.11 Å². The second-order valence-electron chi connectivity index (χ2n) is 4.21. The van der Waals surface area contributed by atoms with Crippen molar-refractivity contribution in [1.82, 2.24) is 14.8 Å². The Balaban J connectivity index is 1.92. The van der Waals surface area contributed by atoms with Crippen LogP contribution in [0.5, 0.6) is 5.88 Å². The highest BCUT2D eigenvalue weighted by atomic mass is 127. The number of aromatic nitrogens is 3. The van der Waals surface area contributed by atoms with E-state index < -0.39 is 0 Å². The van der Waals surface area contributed by atoms with Gasteiger partial charge in [-0.3, -0.25) is 4.68 Å². The second kappa shape index (κ2) is 5.16. The highest BCUT2D eigenvalue weighted by Gasteiger charge is 2.04. The van der Waals surface area contributed by atoms with Gasteiger partial charge in [0.1, 0.15) is 0 Å². The molecular formula is C14H12IN3O. The van der Waals surface area contributed by atoms with Crippen LogP contribution in [-0.4, -0.2) is 21.9 Å². The Morgan fingerprint density at radius 3 is 2.84 bits per heavy atom. The van der Waals surface area contributed by atoms with Crippen LogP contribution in [0.4, 0.5) is 0 Å². The molecule has 19 heavy (non-hydrogen) atoms. The van der Waals surface area contributed by atoms with Crippen LogP contribution in [0.3, 0.4) is 0 Å². The van der Waals surface area contributed by atoms with E-state index in [1.165, 1.54) is 3.57 Å². The molecule has 2 aromatic heterocycles. The Morgan fingerprint density at radius 2 is 2.11 bits per heavy atom. The van der Waals surface area contributed by atoms with Gasteiger partial charge in [0.25, 0.3) is 0 Å². The molecule has 0 atom stereocenters. The van der Waals surface area contributed by atoms with E-state index in [1.54, 1.807) is 7.11 Å². The van der Waals surface area contributed by atoms with Gasteiger partial charge in [0.2, 0.25) is 5.88 Å². The zero-order chi connectivity index (χ0) is 13.2. The molecule has 0 spiro atoms. The molecule has 0 saturated heterocycles. The number of nitrogens with zero attached hydrogens (tertiary/aromatic N) is 3. The Labute approximate surface area is 124 Å². The number of hydrogen-bond donors (Lipinski definition) is 0. The fourth-order valence-electron chi connectivity index (χ4n) is 1.98. The first-order chi connectivity index (χ1) is 9.26. The summed E-state index contributed by atoms with van der Waals surface area (Å²) < 4.78 is 8.25. The van der Waals surface area contributed by atoms with Crippen LogP contribution in [-0.2, 0) is 6.54 Å². The number of halogens is 1. The number of fused-ring (bicyclic) bond motifs is 1. The van der Waals surface area contributed by atoms with Crippen LogP contribution < -0.4 is 4.74 Å². The largest absolute Gasteiger partial charge is 0.481 e. The van der Waals surface area contributed by atoms with Gasteiger partial charge in [0.15, 0.2) is 0 Å². The first kappa shape index (κ1) is 12.4. The van der Waals surface area contributed by atoms with Crippen molar-refractivity contribution < 1.29 is 4.74 Å². The summed E-state index contributed by atoms with van der Waals surface area (Å²) >= 11 is 2.31. The third-order valence-electron chi connectivity index (χ3n) is 2.94. The first-order valence-corrected chi connectivity index (χ1v) is 6.94. The van der Waals surface area contributed by atoms with Gasteiger partial charge in [-0.15, -0.1) is 0 Å². The molecule has 5 heteroatoms. The minimum atomic E-state index is 0.628. The number of hydrogen-bond acceptors (Lipinski definition) is 3. The van der Waals surface area contributed by atoms with Crippen molar-refractivity contribution in [2.24, 2.45) is 0 Å². The molecule has 96 valence electrons. The van der Waals surface area contributed by atoms with Crippen molar-refractivity contribution in [3.8, 4) is 5.88 Å². The lowest BCUT2D eigenvalue weighted by Gasteiger charge is -2.04. The second-order valence-corrected chi connectivity index (χ2v) is 5.46. The van der Waals surface area contributed by atoms with Crippen molar-refractivity contribution in [3.63, 3.8) is 0 Å². The predicted molar refractivity (Wildman–Crippen MR) is 82.3 cm³/mol. The molecule has 0 bridgehead atoms. The quantitative estimate of drug-likeness (QED) is 0.670. The van der Waals surface area contributed by atoms with Crippen molar-refractivity contribution in [3.05, 3.63) is 51.9 Å². The van der Waals surface area contributed by atoms with E-state index in [0.29, 0.717) is 12.4 Å². The molecule has 0 unspecified atom stereocenters. The highest BCUT2D eigenvalue weighted by Crippen LogP contribution is 2.18. The third kappa shape index (κ3) is 2.56. The van der Waals surface area contributed by atoms with E-state index in [0.717, 1.165) is 16.5 Å². The predicted octanol–water partition coefficient (Wildman–Crippen LogP) is 3.09. The molecule has 4 nitrogen and oxygen atoms in total. The van der Waals surface area contributed by atoms with Crippen LogP contribution in [0.1, 0.15) is 5.56 Å². The average molecular weight is 365 g/mol. The summed E-state index contributed by atoms with van der Waals surface area (Å²) in [5.74, 6) is 0.628. The summed E-state index contributed by atoms with van der Waals surface area (Å²) in [5.41, 5.74) is 2.24. The fourth-order valence-corrected chi connectivity index (χ4v) is 2.50. The maximum atomic E-state index is 5.05. The topological polar surface area (TPSA) is 39.9 Å². The van der Waals surface area contributed by atoms with E-state index in [4.69, 9.17) is 4.74 Å². The molecule has 0 aliphatic carbocycles. The molecule has 0 aliphatic heterocycles. The van der Waals surface area contributed by atoms with Gasteiger partial charge in [-0.25, -0.2) is 4.98 Å². The maximum Gasteiger partial charge on any atom is 0.212 e. The zero-order valence-corrected chi connectivity index (χ0v) is 12.5. The number of benzene rings is 1. The average Bonchev–Trinajstić information content (AvgIpc) is 2.82. The van der Waals surface area contributed by atoms with Crippen LogP contribution in [0, 0.1) is 3.57 Å². The van der Waals surface area contributed by atoms with Crippen molar-refractivity contribution >= 4 is 33.5 Å². The zero-order valence-electron chi connectivity index (χ0n) is 10.4. The summed E-state index contributed by atoms with van der Waals surface area (Å²) in [4.78, 5) is 4.21. The summed E-state index contributed by atoms with van der Waals surface area (Å²) in [6.07, 6.45) is 3.72. The Hall–Kier alpha value is -1.63. The number of ether oxygens (including phenoxy) is 1. The van der Waals surface area contributed by atoms with Gasteiger partial charge in [-0.05, 0) is 46.4 Å². The normalized spacial score (nSPS) is 10.8. The van der Waals surface area contributed by atoms with Gasteiger partial charge < -0.3 is 4.74 Å². The molecular weight excluding hydrogens is 353 g/mol. The number of methoxy groups -OCH3 is 1. The van der Waals surface area contributed by atoms with Crippen LogP contribution in [0.2, 0.25) is 0 Å². The number of rotatable bonds is 3. The lowest BCUT2D eigenvalue weighted by atomic mass is 10.2. The lowest BCUT2D eigenvalue weighted by Crippen LogP contribution is -2.02. The molecule has 2 heterocycles. The van der Waals surface area contributed by atoms with Gasteiger partial charge in [0, 0.05) is 21.2 Å². The van der Waals surface area contributed by atoms with Gasteiger partial charge in [-0.1, -0.05) is 6.07 Å². The van der Waals surface area contributed by atoms with Crippen LogP contribution >= 0.6 is 22.6 Å². The lowest BCUT2D eigenvalue weighted by molar-refractivity contribution is 0.397. The molecule has 3 aromatic rings. The third-order valence-corrected chi connectivity index (χ3v) is 3.61. The number of pyridine rings is 1. The van der Waals surface area contributed by atoms with E-state index in [9.17, 15) is 0 Å². The Kier molecular flexibility index (Phi) is 3.37. The van der Waals surface area contributed by atoms with Crippen molar-refractivity contribution in [1.29, 1.82) is 0 Å². The fraction of sp³-hybridized carbons (Fsp3) is 0.143. The molecule has 0 amide bonds. The standard InChI is InChI=1S/C14H12IN3O/c1-19-14-5-2-10(7-16-14)9-18-13-4-3-12(15)6-11(13)8-17-18/h2-8H,9H2,1H3. The summed E-state index contributed by atoms with van der Waals surface area (Å²) in [6, 6.07) is 10.2.